The molecular formula is C20H17FN6OS. The van der Waals surface area contributed by atoms with E-state index in [2.05, 4.69) is 20.4 Å². The molecule has 146 valence electrons. The Bertz CT molecular complexity index is 1220. The molecule has 0 fully saturated rings. The molecule has 2 aromatic carbocycles. The summed E-state index contributed by atoms with van der Waals surface area (Å²) in [4.78, 5) is 0. The maximum absolute atomic E-state index is 13.3. The van der Waals surface area contributed by atoms with Gasteiger partial charge >= 0.3 is 0 Å². The molecule has 0 aliphatic carbocycles. The van der Waals surface area contributed by atoms with Gasteiger partial charge in [0.2, 0.25) is 10.7 Å². The SMILES string of the molecule is Cc1nn(-c2ccccc2)c(Oc2ccc(F)cc2)c1/C=N/n1c(C)n[nH]c1=S. The van der Waals surface area contributed by atoms with Gasteiger partial charge in [0, 0.05) is 0 Å². The lowest BCUT2D eigenvalue weighted by Crippen LogP contribution is -2.01. The third-order valence-electron chi connectivity index (χ3n) is 4.21. The Kier molecular flexibility index (Phi) is 5.05. The second-order valence-corrected chi connectivity index (χ2v) is 6.63. The molecule has 0 saturated heterocycles. The zero-order chi connectivity index (χ0) is 20.4. The summed E-state index contributed by atoms with van der Waals surface area (Å²) in [7, 11) is 0. The Labute approximate surface area is 171 Å². The molecule has 0 amide bonds. The van der Waals surface area contributed by atoms with Gasteiger partial charge < -0.3 is 4.74 Å². The molecule has 29 heavy (non-hydrogen) atoms. The van der Waals surface area contributed by atoms with Crippen molar-refractivity contribution in [3.8, 4) is 17.3 Å². The number of hydrogen-bond acceptors (Lipinski definition) is 5. The molecule has 0 atom stereocenters. The molecular weight excluding hydrogens is 391 g/mol. The Morgan fingerprint density at radius 1 is 1.10 bits per heavy atom. The van der Waals surface area contributed by atoms with Crippen LogP contribution in [0.25, 0.3) is 5.69 Å². The van der Waals surface area contributed by atoms with E-state index in [1.165, 1.54) is 16.8 Å². The Balaban J connectivity index is 1.82. The van der Waals surface area contributed by atoms with Crippen molar-refractivity contribution in [2.45, 2.75) is 13.8 Å². The molecule has 0 saturated carbocycles. The number of halogens is 1. The number of benzene rings is 2. The Morgan fingerprint density at radius 2 is 1.83 bits per heavy atom. The number of rotatable bonds is 5. The average molecular weight is 408 g/mol. The van der Waals surface area contributed by atoms with Gasteiger partial charge in [0.05, 0.1) is 23.2 Å². The van der Waals surface area contributed by atoms with E-state index in [1.807, 2.05) is 37.3 Å². The van der Waals surface area contributed by atoms with Crippen LogP contribution in [0.1, 0.15) is 17.1 Å². The van der Waals surface area contributed by atoms with Crippen molar-refractivity contribution < 1.29 is 9.13 Å². The standard InChI is InChI=1S/C20H17FN6OS/c1-13-18(12-22-26-14(2)23-24-20(26)29)19(28-17-10-8-15(21)9-11-17)27(25-13)16-6-4-3-5-7-16/h3-12H,1-2H3,(H,24,29)/b22-12+. The van der Waals surface area contributed by atoms with Crippen LogP contribution in [0.15, 0.2) is 59.7 Å². The van der Waals surface area contributed by atoms with Gasteiger partial charge in [-0.05, 0) is 62.5 Å². The van der Waals surface area contributed by atoms with E-state index in [4.69, 9.17) is 17.0 Å². The molecule has 1 N–H and O–H groups in total. The van der Waals surface area contributed by atoms with E-state index in [-0.39, 0.29) is 5.82 Å². The van der Waals surface area contributed by atoms with E-state index in [0.717, 1.165) is 5.69 Å². The van der Waals surface area contributed by atoms with Gasteiger partial charge in [0.15, 0.2) is 0 Å². The summed E-state index contributed by atoms with van der Waals surface area (Å²) in [6.07, 6.45) is 1.62. The Morgan fingerprint density at radius 3 is 2.48 bits per heavy atom. The predicted octanol–water partition coefficient (Wildman–Crippen LogP) is 4.56. The lowest BCUT2D eigenvalue weighted by molar-refractivity contribution is 0.442. The minimum Gasteiger partial charge on any atom is -0.438 e. The second-order valence-electron chi connectivity index (χ2n) is 6.24. The summed E-state index contributed by atoms with van der Waals surface area (Å²) in [6, 6.07) is 15.4. The first-order valence-corrected chi connectivity index (χ1v) is 9.20. The number of hydrogen-bond donors (Lipinski definition) is 1. The van der Waals surface area contributed by atoms with Crippen molar-refractivity contribution in [3.05, 3.63) is 82.3 Å². The molecule has 0 aliphatic heterocycles. The summed E-state index contributed by atoms with van der Waals surface area (Å²) < 4.78 is 23.0. The largest absolute Gasteiger partial charge is 0.438 e. The lowest BCUT2D eigenvalue weighted by Gasteiger charge is -2.10. The van der Waals surface area contributed by atoms with E-state index < -0.39 is 0 Å². The van der Waals surface area contributed by atoms with Crippen LogP contribution >= 0.6 is 12.2 Å². The first kappa shape index (κ1) is 18.8. The van der Waals surface area contributed by atoms with Gasteiger partial charge in [0.1, 0.15) is 17.4 Å². The quantitative estimate of drug-likeness (QED) is 0.388. The lowest BCUT2D eigenvalue weighted by atomic mass is 10.2. The van der Waals surface area contributed by atoms with Crippen LogP contribution in [0.5, 0.6) is 11.6 Å². The minimum atomic E-state index is -0.336. The molecule has 0 unspecified atom stereocenters. The normalized spacial score (nSPS) is 11.3. The number of para-hydroxylation sites is 1. The fourth-order valence-corrected chi connectivity index (χ4v) is 2.97. The van der Waals surface area contributed by atoms with E-state index in [1.54, 1.807) is 30.0 Å². The highest BCUT2D eigenvalue weighted by Gasteiger charge is 2.18. The number of aryl methyl sites for hydroxylation is 2. The second kappa shape index (κ2) is 7.80. The fourth-order valence-electron chi connectivity index (χ4n) is 2.75. The summed E-state index contributed by atoms with van der Waals surface area (Å²) in [5.74, 6) is 1.23. The molecule has 9 heteroatoms. The van der Waals surface area contributed by atoms with Crippen molar-refractivity contribution in [2.75, 3.05) is 0 Å². The van der Waals surface area contributed by atoms with Crippen molar-refractivity contribution in [1.29, 1.82) is 0 Å². The van der Waals surface area contributed by atoms with Gasteiger partial charge in [-0.2, -0.15) is 24.7 Å². The van der Waals surface area contributed by atoms with Crippen LogP contribution < -0.4 is 4.74 Å². The molecule has 0 spiro atoms. The van der Waals surface area contributed by atoms with Gasteiger partial charge in [-0.25, -0.2) is 4.39 Å². The van der Waals surface area contributed by atoms with E-state index in [0.29, 0.717) is 33.5 Å². The fraction of sp³-hybridized carbons (Fsp3) is 0.100. The molecule has 0 radical (unpaired) electrons. The number of nitrogens with one attached hydrogen (secondary N) is 1. The van der Waals surface area contributed by atoms with Crippen LogP contribution in [-0.2, 0) is 0 Å². The monoisotopic (exact) mass is 408 g/mol. The van der Waals surface area contributed by atoms with Crippen molar-refractivity contribution in [1.82, 2.24) is 24.7 Å². The zero-order valence-electron chi connectivity index (χ0n) is 15.7. The molecule has 4 aromatic rings. The molecule has 0 bridgehead atoms. The highest BCUT2D eigenvalue weighted by molar-refractivity contribution is 7.71. The van der Waals surface area contributed by atoms with E-state index in [9.17, 15) is 4.39 Å². The zero-order valence-corrected chi connectivity index (χ0v) is 16.5. The minimum absolute atomic E-state index is 0.336. The van der Waals surface area contributed by atoms with Gasteiger partial charge in [-0.1, -0.05) is 18.2 Å². The maximum Gasteiger partial charge on any atom is 0.231 e. The maximum atomic E-state index is 13.3. The molecule has 0 aliphatic rings. The first-order valence-electron chi connectivity index (χ1n) is 8.80. The number of ether oxygens (including phenoxy) is 1. The highest BCUT2D eigenvalue weighted by atomic mass is 32.1. The molecule has 2 aromatic heterocycles. The number of aromatic nitrogens is 5. The highest BCUT2D eigenvalue weighted by Crippen LogP contribution is 2.29. The van der Waals surface area contributed by atoms with Crippen molar-refractivity contribution in [2.24, 2.45) is 5.10 Å². The molecule has 2 heterocycles. The smallest absolute Gasteiger partial charge is 0.231 e. The molecule has 4 rings (SSSR count). The topological polar surface area (TPSA) is 73.0 Å². The van der Waals surface area contributed by atoms with Gasteiger partial charge in [-0.15, -0.1) is 0 Å². The third-order valence-corrected chi connectivity index (χ3v) is 4.47. The van der Waals surface area contributed by atoms with Gasteiger partial charge in [-0.3, -0.25) is 5.10 Å². The summed E-state index contributed by atoms with van der Waals surface area (Å²) in [6.45, 7) is 3.65. The van der Waals surface area contributed by atoms with Crippen LogP contribution in [0.2, 0.25) is 0 Å². The van der Waals surface area contributed by atoms with Gasteiger partial charge in [0.25, 0.3) is 0 Å². The predicted molar refractivity (Wildman–Crippen MR) is 110 cm³/mol. The first-order chi connectivity index (χ1) is 14.0. The summed E-state index contributed by atoms with van der Waals surface area (Å²) in [5, 5.41) is 15.8. The van der Waals surface area contributed by atoms with Crippen LogP contribution in [-0.4, -0.2) is 30.9 Å². The number of aromatic amines is 1. The van der Waals surface area contributed by atoms with E-state index >= 15 is 0 Å². The van der Waals surface area contributed by atoms with Crippen LogP contribution in [0, 0.1) is 24.4 Å². The summed E-state index contributed by atoms with van der Waals surface area (Å²) >= 11 is 5.20. The van der Waals surface area contributed by atoms with Crippen molar-refractivity contribution >= 4 is 18.4 Å². The average Bonchev–Trinajstić information content (AvgIpc) is 3.21. The molecule has 7 nitrogen and oxygen atoms in total. The summed E-state index contributed by atoms with van der Waals surface area (Å²) in [5.41, 5.74) is 2.20. The van der Waals surface area contributed by atoms with Crippen LogP contribution in [0.3, 0.4) is 0 Å². The number of H-pyrrole nitrogens is 1. The van der Waals surface area contributed by atoms with Crippen molar-refractivity contribution in [3.63, 3.8) is 0 Å². The number of nitrogens with zero attached hydrogens (tertiary/aromatic N) is 5. The van der Waals surface area contributed by atoms with Crippen LogP contribution in [0.4, 0.5) is 4.39 Å². The Hall–Kier alpha value is -3.59. The third kappa shape index (κ3) is 3.85.